The van der Waals surface area contributed by atoms with Crippen LogP contribution in [0.25, 0.3) is 0 Å². The van der Waals surface area contributed by atoms with Crippen LogP contribution in [0, 0.1) is 0 Å². The standard InChI is InChI=1S/C17H28N2O2/c1-21-11-10-18-12-15-16(8-5-9-17(15)20)19(13-18)14-6-3-2-4-7-14/h14H,2-13H2,1H3. The van der Waals surface area contributed by atoms with Gasteiger partial charge >= 0.3 is 0 Å². The fourth-order valence-corrected chi connectivity index (χ4v) is 4.05. The molecule has 1 fully saturated rings. The van der Waals surface area contributed by atoms with Crippen LogP contribution < -0.4 is 0 Å². The molecule has 0 aromatic rings. The van der Waals surface area contributed by atoms with E-state index in [1.54, 1.807) is 7.11 Å². The third-order valence-corrected chi connectivity index (χ3v) is 5.21. The number of allylic oxidation sites excluding steroid dienone is 1. The lowest BCUT2D eigenvalue weighted by atomic mass is 9.88. The number of carbonyl (C=O) groups excluding carboxylic acids is 1. The number of Topliss-reactive ketones (excluding diaryl/α,β-unsaturated/α-hetero) is 1. The lowest BCUT2D eigenvalue weighted by Crippen LogP contribution is -2.51. The Kier molecular flexibility index (Phi) is 4.96. The van der Waals surface area contributed by atoms with Crippen molar-refractivity contribution in [3.8, 4) is 0 Å². The molecule has 0 spiro atoms. The normalized spacial score (nSPS) is 25.4. The Morgan fingerprint density at radius 2 is 1.95 bits per heavy atom. The second-order valence-electron chi connectivity index (χ2n) is 6.65. The lowest BCUT2D eigenvalue weighted by molar-refractivity contribution is -0.117. The first kappa shape index (κ1) is 15.0. The minimum atomic E-state index is 0.388. The molecule has 4 heteroatoms. The van der Waals surface area contributed by atoms with Gasteiger partial charge in [-0.15, -0.1) is 0 Å². The summed E-state index contributed by atoms with van der Waals surface area (Å²) in [6.07, 6.45) is 9.55. The fraction of sp³-hybridized carbons (Fsp3) is 0.824. The van der Waals surface area contributed by atoms with E-state index in [2.05, 4.69) is 9.80 Å². The number of methoxy groups -OCH3 is 1. The van der Waals surface area contributed by atoms with E-state index < -0.39 is 0 Å². The summed E-state index contributed by atoms with van der Waals surface area (Å²) in [6, 6.07) is 0.653. The largest absolute Gasteiger partial charge is 0.383 e. The highest BCUT2D eigenvalue weighted by atomic mass is 16.5. The number of rotatable bonds is 4. The third-order valence-electron chi connectivity index (χ3n) is 5.21. The van der Waals surface area contributed by atoms with Gasteiger partial charge in [0.1, 0.15) is 0 Å². The summed E-state index contributed by atoms with van der Waals surface area (Å²) in [5, 5.41) is 0. The predicted octanol–water partition coefficient (Wildman–Crippen LogP) is 2.55. The number of ketones is 1. The summed E-state index contributed by atoms with van der Waals surface area (Å²) >= 11 is 0. The Bertz CT molecular complexity index is 413. The Hall–Kier alpha value is -0.870. The van der Waals surface area contributed by atoms with E-state index in [1.807, 2.05) is 0 Å². The van der Waals surface area contributed by atoms with Crippen molar-refractivity contribution in [2.75, 3.05) is 33.5 Å². The van der Waals surface area contributed by atoms with E-state index in [0.717, 1.165) is 51.2 Å². The zero-order valence-electron chi connectivity index (χ0n) is 13.3. The van der Waals surface area contributed by atoms with E-state index in [4.69, 9.17) is 4.74 Å². The number of ether oxygens (including phenoxy) is 1. The minimum Gasteiger partial charge on any atom is -0.383 e. The quantitative estimate of drug-likeness (QED) is 0.797. The van der Waals surface area contributed by atoms with Crippen LogP contribution >= 0.6 is 0 Å². The molecule has 1 aliphatic heterocycles. The van der Waals surface area contributed by atoms with Crippen molar-refractivity contribution in [1.29, 1.82) is 0 Å². The third kappa shape index (κ3) is 3.32. The minimum absolute atomic E-state index is 0.388. The van der Waals surface area contributed by atoms with Crippen LogP contribution in [0.2, 0.25) is 0 Å². The second-order valence-corrected chi connectivity index (χ2v) is 6.65. The molecule has 3 rings (SSSR count). The molecule has 21 heavy (non-hydrogen) atoms. The molecule has 1 saturated carbocycles. The van der Waals surface area contributed by atoms with E-state index >= 15 is 0 Å². The van der Waals surface area contributed by atoms with E-state index in [-0.39, 0.29) is 0 Å². The first-order chi connectivity index (χ1) is 10.3. The average molecular weight is 292 g/mol. The molecular weight excluding hydrogens is 264 g/mol. The van der Waals surface area contributed by atoms with E-state index in [0.29, 0.717) is 11.8 Å². The Balaban J connectivity index is 1.80. The summed E-state index contributed by atoms with van der Waals surface area (Å²) in [5.41, 5.74) is 2.49. The maximum atomic E-state index is 12.3. The molecule has 3 aliphatic rings. The molecule has 1 heterocycles. The molecule has 0 bridgehead atoms. The fourth-order valence-electron chi connectivity index (χ4n) is 4.05. The zero-order chi connectivity index (χ0) is 14.7. The lowest BCUT2D eigenvalue weighted by Gasteiger charge is -2.46. The average Bonchev–Trinajstić information content (AvgIpc) is 2.54. The maximum Gasteiger partial charge on any atom is 0.161 e. The molecule has 118 valence electrons. The van der Waals surface area contributed by atoms with Gasteiger partial charge in [0.05, 0.1) is 13.3 Å². The Morgan fingerprint density at radius 3 is 2.71 bits per heavy atom. The maximum absolute atomic E-state index is 12.3. The van der Waals surface area contributed by atoms with Crippen molar-refractivity contribution in [3.63, 3.8) is 0 Å². The van der Waals surface area contributed by atoms with Crippen molar-refractivity contribution >= 4 is 5.78 Å². The van der Waals surface area contributed by atoms with Crippen LogP contribution in [0.15, 0.2) is 11.3 Å². The van der Waals surface area contributed by atoms with Gasteiger partial charge in [0.2, 0.25) is 0 Å². The van der Waals surface area contributed by atoms with Gasteiger partial charge < -0.3 is 9.64 Å². The van der Waals surface area contributed by atoms with Gasteiger partial charge in [-0.2, -0.15) is 0 Å². The van der Waals surface area contributed by atoms with Crippen molar-refractivity contribution < 1.29 is 9.53 Å². The molecule has 2 aliphatic carbocycles. The topological polar surface area (TPSA) is 32.8 Å². The number of nitrogens with zero attached hydrogens (tertiary/aromatic N) is 2. The molecule has 0 N–H and O–H groups in total. The first-order valence-corrected chi connectivity index (χ1v) is 8.52. The molecule has 0 aromatic carbocycles. The van der Waals surface area contributed by atoms with Gasteiger partial charge in [-0.05, 0) is 25.7 Å². The summed E-state index contributed by atoms with van der Waals surface area (Å²) in [6.45, 7) is 3.49. The van der Waals surface area contributed by atoms with Crippen LogP contribution in [0.4, 0.5) is 0 Å². The monoisotopic (exact) mass is 292 g/mol. The Labute approximate surface area is 128 Å². The number of carbonyl (C=O) groups is 1. The highest BCUT2D eigenvalue weighted by molar-refractivity contribution is 5.97. The van der Waals surface area contributed by atoms with Gasteiger partial charge in [0.25, 0.3) is 0 Å². The molecule has 0 atom stereocenters. The summed E-state index contributed by atoms with van der Waals surface area (Å²) in [5.74, 6) is 0.388. The summed E-state index contributed by atoms with van der Waals surface area (Å²) in [4.78, 5) is 17.3. The van der Waals surface area contributed by atoms with Gasteiger partial charge in [0.15, 0.2) is 5.78 Å². The first-order valence-electron chi connectivity index (χ1n) is 8.52. The molecule has 4 nitrogen and oxygen atoms in total. The molecule has 0 amide bonds. The van der Waals surface area contributed by atoms with Crippen molar-refractivity contribution in [3.05, 3.63) is 11.3 Å². The van der Waals surface area contributed by atoms with Gasteiger partial charge in [0, 0.05) is 43.9 Å². The van der Waals surface area contributed by atoms with Gasteiger partial charge in [-0.1, -0.05) is 19.3 Å². The Morgan fingerprint density at radius 1 is 1.14 bits per heavy atom. The number of hydrogen-bond donors (Lipinski definition) is 0. The predicted molar refractivity (Wildman–Crippen MR) is 82.9 cm³/mol. The van der Waals surface area contributed by atoms with Crippen molar-refractivity contribution in [2.45, 2.75) is 57.4 Å². The second kappa shape index (κ2) is 6.93. The van der Waals surface area contributed by atoms with Crippen molar-refractivity contribution in [1.82, 2.24) is 9.80 Å². The van der Waals surface area contributed by atoms with E-state index in [9.17, 15) is 4.79 Å². The SMILES string of the molecule is COCCN1CC2=C(CCCC2=O)N(C2CCCCC2)C1. The van der Waals surface area contributed by atoms with Crippen LogP contribution in [0.3, 0.4) is 0 Å². The molecule has 0 unspecified atom stereocenters. The molecule has 0 radical (unpaired) electrons. The highest BCUT2D eigenvalue weighted by Crippen LogP contribution is 2.34. The highest BCUT2D eigenvalue weighted by Gasteiger charge is 2.34. The molecule has 0 aromatic heterocycles. The molecule has 0 saturated heterocycles. The number of hydrogen-bond acceptors (Lipinski definition) is 4. The summed E-state index contributed by atoms with van der Waals surface area (Å²) < 4.78 is 5.23. The molecular formula is C17H28N2O2. The van der Waals surface area contributed by atoms with Gasteiger partial charge in [-0.25, -0.2) is 0 Å². The van der Waals surface area contributed by atoms with Crippen LogP contribution in [-0.4, -0.2) is 55.1 Å². The van der Waals surface area contributed by atoms with Crippen molar-refractivity contribution in [2.24, 2.45) is 0 Å². The van der Waals surface area contributed by atoms with Crippen LogP contribution in [0.5, 0.6) is 0 Å². The van der Waals surface area contributed by atoms with Gasteiger partial charge in [-0.3, -0.25) is 9.69 Å². The smallest absolute Gasteiger partial charge is 0.161 e. The zero-order valence-corrected chi connectivity index (χ0v) is 13.3. The van der Waals surface area contributed by atoms with Crippen LogP contribution in [0.1, 0.15) is 51.4 Å². The summed E-state index contributed by atoms with van der Waals surface area (Å²) in [7, 11) is 1.75. The van der Waals surface area contributed by atoms with Crippen LogP contribution in [-0.2, 0) is 9.53 Å². The van der Waals surface area contributed by atoms with E-state index in [1.165, 1.54) is 37.8 Å².